The number of carbonyl (C=O) groups is 1. The molecule has 0 aliphatic carbocycles. The Morgan fingerprint density at radius 3 is 2.37 bits per heavy atom. The zero-order valence-electron chi connectivity index (χ0n) is 14.9. The maximum atomic E-state index is 12.0. The molecule has 0 radical (unpaired) electrons. The van der Waals surface area contributed by atoms with E-state index in [1.807, 2.05) is 55.5 Å². The zero-order valence-corrected chi connectivity index (χ0v) is 14.9. The predicted molar refractivity (Wildman–Crippen MR) is 106 cm³/mol. The average molecular weight is 357 g/mol. The summed E-state index contributed by atoms with van der Waals surface area (Å²) in [5.74, 6) is 0.438. The van der Waals surface area contributed by atoms with E-state index in [-0.39, 0.29) is 12.5 Å². The first-order chi connectivity index (χ1) is 13.1. The molecule has 5 heteroatoms. The van der Waals surface area contributed by atoms with Gasteiger partial charge < -0.3 is 15.4 Å². The van der Waals surface area contributed by atoms with Gasteiger partial charge in [-0.25, -0.2) is 0 Å². The van der Waals surface area contributed by atoms with Crippen molar-refractivity contribution in [1.82, 2.24) is 0 Å². The molecule has 2 N–H and O–H groups in total. The fourth-order valence-electron chi connectivity index (χ4n) is 2.45. The second-order valence-electron chi connectivity index (χ2n) is 6.04. The SMILES string of the molecule is Cc1ccc(OCC(=O)Nc2ccc(Nc3cccc(C#N)c3)cc2)cc1. The summed E-state index contributed by atoms with van der Waals surface area (Å²) in [5.41, 5.74) is 4.11. The number of hydrogen-bond donors (Lipinski definition) is 2. The Hall–Kier alpha value is -3.78. The van der Waals surface area contributed by atoms with Gasteiger partial charge in [-0.1, -0.05) is 23.8 Å². The van der Waals surface area contributed by atoms with Crippen LogP contribution >= 0.6 is 0 Å². The normalized spacial score (nSPS) is 9.93. The minimum atomic E-state index is -0.224. The number of hydrogen-bond acceptors (Lipinski definition) is 4. The highest BCUT2D eigenvalue weighted by molar-refractivity contribution is 5.92. The molecule has 3 aromatic rings. The Bertz CT molecular complexity index is 958. The first-order valence-corrected chi connectivity index (χ1v) is 8.49. The lowest BCUT2D eigenvalue weighted by Crippen LogP contribution is -2.20. The van der Waals surface area contributed by atoms with Gasteiger partial charge in [0.25, 0.3) is 5.91 Å². The molecule has 0 unspecified atom stereocenters. The number of aryl methyl sites for hydroxylation is 1. The number of rotatable bonds is 6. The van der Waals surface area contributed by atoms with Gasteiger partial charge in [-0.2, -0.15) is 5.26 Å². The van der Waals surface area contributed by atoms with Crippen LogP contribution in [0.4, 0.5) is 17.1 Å². The maximum Gasteiger partial charge on any atom is 0.262 e. The van der Waals surface area contributed by atoms with Gasteiger partial charge in [0.1, 0.15) is 5.75 Å². The van der Waals surface area contributed by atoms with E-state index in [1.165, 1.54) is 0 Å². The number of nitriles is 1. The number of anilines is 3. The predicted octanol–water partition coefficient (Wildman–Crippen LogP) is 4.63. The molecule has 0 aliphatic rings. The number of nitrogens with one attached hydrogen (secondary N) is 2. The molecule has 0 bridgehead atoms. The van der Waals surface area contributed by atoms with Crippen LogP contribution in [0.3, 0.4) is 0 Å². The highest BCUT2D eigenvalue weighted by Crippen LogP contribution is 2.20. The number of nitrogens with zero attached hydrogens (tertiary/aromatic N) is 1. The van der Waals surface area contributed by atoms with Crippen molar-refractivity contribution in [3.63, 3.8) is 0 Å². The highest BCUT2D eigenvalue weighted by Gasteiger charge is 2.04. The fraction of sp³-hybridized carbons (Fsp3) is 0.0909. The van der Waals surface area contributed by atoms with Crippen molar-refractivity contribution < 1.29 is 9.53 Å². The number of amides is 1. The Balaban J connectivity index is 1.53. The van der Waals surface area contributed by atoms with E-state index in [2.05, 4.69) is 16.7 Å². The van der Waals surface area contributed by atoms with Crippen molar-refractivity contribution in [1.29, 1.82) is 5.26 Å². The first-order valence-electron chi connectivity index (χ1n) is 8.49. The van der Waals surface area contributed by atoms with E-state index in [9.17, 15) is 4.79 Å². The molecule has 27 heavy (non-hydrogen) atoms. The van der Waals surface area contributed by atoms with Gasteiger partial charge in [-0.05, 0) is 61.5 Å². The van der Waals surface area contributed by atoms with Crippen LogP contribution in [-0.2, 0) is 4.79 Å². The topological polar surface area (TPSA) is 74.2 Å². The average Bonchev–Trinajstić information content (AvgIpc) is 2.69. The van der Waals surface area contributed by atoms with Crippen molar-refractivity contribution in [2.24, 2.45) is 0 Å². The van der Waals surface area contributed by atoms with Crippen LogP contribution in [0.1, 0.15) is 11.1 Å². The molecule has 3 rings (SSSR count). The van der Waals surface area contributed by atoms with Crippen molar-refractivity contribution in [2.75, 3.05) is 17.2 Å². The summed E-state index contributed by atoms with van der Waals surface area (Å²) in [6, 6.07) is 24.2. The third-order valence-electron chi connectivity index (χ3n) is 3.84. The minimum Gasteiger partial charge on any atom is -0.484 e. The Morgan fingerprint density at radius 2 is 1.67 bits per heavy atom. The summed E-state index contributed by atoms with van der Waals surface area (Å²) in [6.45, 7) is 1.94. The van der Waals surface area contributed by atoms with Crippen molar-refractivity contribution in [2.45, 2.75) is 6.92 Å². The summed E-state index contributed by atoms with van der Waals surface area (Å²) in [5, 5.41) is 15.0. The smallest absolute Gasteiger partial charge is 0.262 e. The second-order valence-corrected chi connectivity index (χ2v) is 6.04. The fourth-order valence-corrected chi connectivity index (χ4v) is 2.45. The molecule has 0 fully saturated rings. The molecular weight excluding hydrogens is 338 g/mol. The van der Waals surface area contributed by atoms with E-state index >= 15 is 0 Å². The quantitative estimate of drug-likeness (QED) is 0.675. The van der Waals surface area contributed by atoms with Crippen LogP contribution in [0.15, 0.2) is 72.8 Å². The Morgan fingerprint density at radius 1 is 0.963 bits per heavy atom. The lowest BCUT2D eigenvalue weighted by atomic mass is 10.2. The standard InChI is InChI=1S/C22H19N3O2/c1-16-5-11-21(12-6-16)27-15-22(26)25-19-9-7-18(8-10-19)24-20-4-2-3-17(13-20)14-23/h2-13,24H,15H2,1H3,(H,25,26). The third kappa shape index (κ3) is 5.35. The maximum absolute atomic E-state index is 12.0. The van der Waals surface area contributed by atoms with E-state index < -0.39 is 0 Å². The molecule has 0 saturated heterocycles. The molecule has 3 aromatic carbocycles. The van der Waals surface area contributed by atoms with Crippen molar-refractivity contribution in [3.05, 3.63) is 83.9 Å². The van der Waals surface area contributed by atoms with Gasteiger partial charge in [0.15, 0.2) is 6.61 Å². The second kappa shape index (κ2) is 8.54. The largest absolute Gasteiger partial charge is 0.484 e. The van der Waals surface area contributed by atoms with Gasteiger partial charge >= 0.3 is 0 Å². The lowest BCUT2D eigenvalue weighted by Gasteiger charge is -2.10. The molecule has 1 amide bonds. The first kappa shape index (κ1) is 18.0. The highest BCUT2D eigenvalue weighted by atomic mass is 16.5. The lowest BCUT2D eigenvalue weighted by molar-refractivity contribution is -0.118. The van der Waals surface area contributed by atoms with Gasteiger partial charge in [0, 0.05) is 17.1 Å². The van der Waals surface area contributed by atoms with Crippen molar-refractivity contribution >= 4 is 23.0 Å². The van der Waals surface area contributed by atoms with Gasteiger partial charge in [-0.15, -0.1) is 0 Å². The number of ether oxygens (including phenoxy) is 1. The molecular formula is C22H19N3O2. The monoisotopic (exact) mass is 357 g/mol. The molecule has 134 valence electrons. The van der Waals surface area contributed by atoms with Gasteiger partial charge in [-0.3, -0.25) is 4.79 Å². The summed E-state index contributed by atoms with van der Waals surface area (Å²) in [4.78, 5) is 12.0. The Kier molecular flexibility index (Phi) is 5.70. The molecule has 0 spiro atoms. The van der Waals surface area contributed by atoms with Crippen LogP contribution in [-0.4, -0.2) is 12.5 Å². The van der Waals surface area contributed by atoms with E-state index in [4.69, 9.17) is 10.00 Å². The molecule has 0 heterocycles. The zero-order chi connectivity index (χ0) is 19.1. The van der Waals surface area contributed by atoms with Crippen LogP contribution in [0.5, 0.6) is 5.75 Å². The number of benzene rings is 3. The summed E-state index contributed by atoms with van der Waals surface area (Å²) < 4.78 is 5.47. The van der Waals surface area contributed by atoms with E-state index in [0.717, 1.165) is 16.9 Å². The molecule has 0 atom stereocenters. The van der Waals surface area contributed by atoms with Crippen LogP contribution < -0.4 is 15.4 Å². The van der Waals surface area contributed by atoms with Crippen molar-refractivity contribution in [3.8, 4) is 11.8 Å². The summed E-state index contributed by atoms with van der Waals surface area (Å²) in [7, 11) is 0. The number of carbonyl (C=O) groups excluding carboxylic acids is 1. The van der Waals surface area contributed by atoms with Crippen LogP contribution in [0.25, 0.3) is 0 Å². The van der Waals surface area contributed by atoms with E-state index in [0.29, 0.717) is 17.0 Å². The molecule has 0 aliphatic heterocycles. The van der Waals surface area contributed by atoms with E-state index in [1.54, 1.807) is 24.3 Å². The van der Waals surface area contributed by atoms with Crippen LogP contribution in [0, 0.1) is 18.3 Å². The van der Waals surface area contributed by atoms with Crippen LogP contribution in [0.2, 0.25) is 0 Å². The Labute approximate surface area is 158 Å². The van der Waals surface area contributed by atoms with Gasteiger partial charge in [0.05, 0.1) is 11.6 Å². The molecule has 0 aromatic heterocycles. The molecule has 5 nitrogen and oxygen atoms in total. The summed E-state index contributed by atoms with van der Waals surface area (Å²) in [6.07, 6.45) is 0. The third-order valence-corrected chi connectivity index (χ3v) is 3.84. The molecule has 0 saturated carbocycles. The van der Waals surface area contributed by atoms with Gasteiger partial charge in [0.2, 0.25) is 0 Å². The summed E-state index contributed by atoms with van der Waals surface area (Å²) >= 11 is 0. The minimum absolute atomic E-state index is 0.0516.